The van der Waals surface area contributed by atoms with E-state index in [4.69, 9.17) is 19.1 Å². The molecule has 0 atom stereocenters. The summed E-state index contributed by atoms with van der Waals surface area (Å²) < 4.78 is 13.0. The Kier molecular flexibility index (Phi) is 3.20. The normalized spacial score (nSPS) is 12.9. The van der Waals surface area contributed by atoms with Gasteiger partial charge in [-0.3, -0.25) is 0 Å². The van der Waals surface area contributed by atoms with Crippen molar-refractivity contribution in [3.63, 3.8) is 0 Å². The van der Waals surface area contributed by atoms with Gasteiger partial charge in [0.1, 0.15) is 11.0 Å². The topological polar surface area (TPSA) is 76.0 Å². The van der Waals surface area contributed by atoms with Gasteiger partial charge in [-0.15, -0.1) is 0 Å². The second kappa shape index (κ2) is 6.31. The number of aromatic amines is 1. The SMILES string of the molecule is c1ccc2c(c1)nc1ccc3nc4cc5c(cc4oc3c12)Nc1ccc2[nH]c3ccccc3c2c1O5. The molecular weight excluding hydrogens is 448 g/mol. The number of benzene rings is 5. The molecule has 2 N–H and O–H groups in total. The van der Waals surface area contributed by atoms with Crippen molar-refractivity contribution in [3.05, 3.63) is 84.9 Å². The number of nitrogens with one attached hydrogen (secondary N) is 2. The summed E-state index contributed by atoms with van der Waals surface area (Å²) >= 11 is 0. The van der Waals surface area contributed by atoms with Gasteiger partial charge in [-0.1, -0.05) is 36.4 Å². The molecular formula is C30H16N4O2. The molecule has 3 aromatic heterocycles. The molecule has 0 amide bonds. The largest absolute Gasteiger partial charge is 0.452 e. The van der Waals surface area contributed by atoms with Gasteiger partial charge >= 0.3 is 0 Å². The number of H-pyrrole nitrogens is 1. The molecule has 0 bridgehead atoms. The minimum Gasteiger partial charge on any atom is -0.452 e. The van der Waals surface area contributed by atoms with Crippen LogP contribution in [0.4, 0.5) is 11.4 Å². The van der Waals surface area contributed by atoms with Crippen LogP contribution in [0.2, 0.25) is 0 Å². The minimum absolute atomic E-state index is 0.687. The van der Waals surface area contributed by atoms with Crippen molar-refractivity contribution in [2.75, 3.05) is 5.32 Å². The van der Waals surface area contributed by atoms with Crippen LogP contribution in [-0.4, -0.2) is 15.0 Å². The predicted octanol–water partition coefficient (Wildman–Crippen LogP) is 8.17. The van der Waals surface area contributed by atoms with Crippen LogP contribution in [0.5, 0.6) is 11.5 Å². The molecule has 4 heterocycles. The number of hydrogen-bond acceptors (Lipinski definition) is 5. The summed E-state index contributed by atoms with van der Waals surface area (Å²) in [6.07, 6.45) is 0. The number of aromatic nitrogens is 3. The summed E-state index contributed by atoms with van der Waals surface area (Å²) in [5.74, 6) is 1.53. The zero-order chi connectivity index (χ0) is 23.4. The van der Waals surface area contributed by atoms with Gasteiger partial charge in [-0.2, -0.15) is 0 Å². The molecule has 6 nitrogen and oxygen atoms in total. The summed E-state index contributed by atoms with van der Waals surface area (Å²) in [6.45, 7) is 0. The van der Waals surface area contributed by atoms with Crippen molar-refractivity contribution >= 4 is 77.2 Å². The van der Waals surface area contributed by atoms with E-state index in [1.807, 2.05) is 60.7 Å². The highest BCUT2D eigenvalue weighted by Crippen LogP contribution is 2.48. The maximum atomic E-state index is 6.52. The lowest BCUT2D eigenvalue weighted by Crippen LogP contribution is -2.03. The number of rotatable bonds is 0. The van der Waals surface area contributed by atoms with Crippen molar-refractivity contribution in [1.82, 2.24) is 15.0 Å². The summed E-state index contributed by atoms with van der Waals surface area (Å²) in [5, 5.41) is 7.81. The first-order valence-electron chi connectivity index (χ1n) is 11.8. The van der Waals surface area contributed by atoms with Crippen LogP contribution in [0.15, 0.2) is 89.3 Å². The van der Waals surface area contributed by atoms with Crippen LogP contribution in [0.1, 0.15) is 0 Å². The van der Waals surface area contributed by atoms with E-state index in [2.05, 4.69) is 34.6 Å². The maximum Gasteiger partial charge on any atom is 0.163 e. The molecule has 168 valence electrons. The molecule has 8 aromatic rings. The van der Waals surface area contributed by atoms with Crippen molar-refractivity contribution in [2.24, 2.45) is 0 Å². The number of nitrogens with zero attached hydrogens (tertiary/aromatic N) is 2. The molecule has 1 aliphatic heterocycles. The molecule has 0 spiro atoms. The summed E-state index contributed by atoms with van der Waals surface area (Å²) in [6, 6.07) is 28.4. The Balaban J connectivity index is 1.28. The minimum atomic E-state index is 0.687. The summed E-state index contributed by atoms with van der Waals surface area (Å²) in [7, 11) is 0. The van der Waals surface area contributed by atoms with Gasteiger partial charge in [-0.05, 0) is 36.4 Å². The van der Waals surface area contributed by atoms with Crippen molar-refractivity contribution in [3.8, 4) is 11.5 Å². The lowest BCUT2D eigenvalue weighted by molar-refractivity contribution is 0.487. The Labute approximate surface area is 203 Å². The summed E-state index contributed by atoms with van der Waals surface area (Å²) in [4.78, 5) is 13.2. The van der Waals surface area contributed by atoms with Crippen molar-refractivity contribution in [1.29, 1.82) is 0 Å². The fraction of sp³-hybridized carbons (Fsp3) is 0. The highest BCUT2D eigenvalue weighted by Gasteiger charge is 2.23. The quantitative estimate of drug-likeness (QED) is 0.221. The molecule has 5 aromatic carbocycles. The third-order valence-corrected chi connectivity index (χ3v) is 7.15. The van der Waals surface area contributed by atoms with Crippen LogP contribution >= 0.6 is 0 Å². The Bertz CT molecular complexity index is 2220. The maximum absolute atomic E-state index is 6.52. The average Bonchev–Trinajstić information content (AvgIpc) is 3.48. The van der Waals surface area contributed by atoms with E-state index >= 15 is 0 Å². The van der Waals surface area contributed by atoms with Crippen LogP contribution in [0.25, 0.3) is 65.8 Å². The predicted molar refractivity (Wildman–Crippen MR) is 143 cm³/mol. The molecule has 0 saturated heterocycles. The third kappa shape index (κ3) is 2.30. The first-order chi connectivity index (χ1) is 17.8. The Morgan fingerprint density at radius 1 is 0.611 bits per heavy atom. The van der Waals surface area contributed by atoms with E-state index in [0.29, 0.717) is 5.58 Å². The van der Waals surface area contributed by atoms with E-state index < -0.39 is 0 Å². The van der Waals surface area contributed by atoms with Gasteiger partial charge in [0.25, 0.3) is 0 Å². The fourth-order valence-corrected chi connectivity index (χ4v) is 5.53. The van der Waals surface area contributed by atoms with Gasteiger partial charge in [-0.25, -0.2) is 9.97 Å². The third-order valence-electron chi connectivity index (χ3n) is 7.15. The molecule has 0 unspecified atom stereocenters. The molecule has 36 heavy (non-hydrogen) atoms. The van der Waals surface area contributed by atoms with Gasteiger partial charge in [0, 0.05) is 28.4 Å². The second-order valence-corrected chi connectivity index (χ2v) is 9.23. The Morgan fingerprint density at radius 2 is 1.44 bits per heavy atom. The average molecular weight is 464 g/mol. The number of ether oxygens (including phenoxy) is 1. The van der Waals surface area contributed by atoms with Crippen molar-refractivity contribution in [2.45, 2.75) is 0 Å². The van der Waals surface area contributed by atoms with Crippen LogP contribution in [0, 0.1) is 0 Å². The Hall–Kier alpha value is -5.10. The smallest absolute Gasteiger partial charge is 0.163 e. The first-order valence-corrected chi connectivity index (χ1v) is 11.8. The van der Waals surface area contributed by atoms with E-state index in [-0.39, 0.29) is 0 Å². The van der Waals surface area contributed by atoms with Crippen LogP contribution in [-0.2, 0) is 0 Å². The van der Waals surface area contributed by atoms with Gasteiger partial charge in [0.15, 0.2) is 22.7 Å². The molecule has 0 radical (unpaired) electrons. The van der Waals surface area contributed by atoms with Crippen LogP contribution in [0.3, 0.4) is 0 Å². The molecule has 0 saturated carbocycles. The van der Waals surface area contributed by atoms with Gasteiger partial charge in [0.2, 0.25) is 0 Å². The molecule has 9 rings (SSSR count). The molecule has 6 heteroatoms. The van der Waals surface area contributed by atoms with Gasteiger partial charge in [0.05, 0.1) is 38.7 Å². The molecule has 0 aliphatic carbocycles. The standard InChI is InChI=1S/C30H16N4O2/c1-3-7-17-15(5-1)27-19(31-17)9-11-21-29(27)35-25-13-24-26(14-23(25)33-21)36-30-22(34-24)12-10-20-28(30)16-6-2-4-8-18(16)32-20/h1-14,31,33H. The number of fused-ring (bicyclic) bond motifs is 12. The van der Waals surface area contributed by atoms with E-state index in [1.165, 1.54) is 0 Å². The lowest BCUT2D eigenvalue weighted by Gasteiger charge is -2.23. The van der Waals surface area contributed by atoms with Crippen LogP contribution < -0.4 is 10.1 Å². The summed E-state index contributed by atoms with van der Waals surface area (Å²) in [5.41, 5.74) is 8.70. The van der Waals surface area contributed by atoms with Crippen molar-refractivity contribution < 1.29 is 9.15 Å². The van der Waals surface area contributed by atoms with E-state index in [9.17, 15) is 0 Å². The fourth-order valence-electron chi connectivity index (χ4n) is 5.53. The number of para-hydroxylation sites is 2. The second-order valence-electron chi connectivity index (χ2n) is 9.23. The van der Waals surface area contributed by atoms with E-state index in [1.54, 1.807) is 0 Å². The molecule has 1 aliphatic rings. The first kappa shape index (κ1) is 18.3. The Morgan fingerprint density at radius 3 is 2.42 bits per heavy atom. The lowest BCUT2D eigenvalue weighted by atomic mass is 10.1. The highest BCUT2D eigenvalue weighted by atomic mass is 16.5. The zero-order valence-corrected chi connectivity index (χ0v) is 18.8. The monoisotopic (exact) mass is 464 g/mol. The zero-order valence-electron chi connectivity index (χ0n) is 18.8. The van der Waals surface area contributed by atoms with E-state index in [0.717, 1.165) is 83.1 Å². The van der Waals surface area contributed by atoms with Gasteiger partial charge < -0.3 is 19.5 Å². The molecule has 0 fully saturated rings. The number of hydrogen-bond donors (Lipinski definition) is 2. The highest BCUT2D eigenvalue weighted by molar-refractivity contribution is 6.18. The number of anilines is 2.